The Morgan fingerprint density at radius 2 is 1.88 bits per heavy atom. The van der Waals surface area contributed by atoms with Gasteiger partial charge in [0, 0.05) is 12.1 Å². The van der Waals surface area contributed by atoms with Crippen molar-refractivity contribution >= 4 is 21.6 Å². The van der Waals surface area contributed by atoms with E-state index in [1.807, 2.05) is 13.0 Å². The van der Waals surface area contributed by atoms with Crippen molar-refractivity contribution in [2.45, 2.75) is 11.8 Å². The molecule has 0 aliphatic heterocycles. The Kier molecular flexibility index (Phi) is 5.95. The van der Waals surface area contributed by atoms with Gasteiger partial charge in [0.15, 0.2) is 0 Å². The van der Waals surface area contributed by atoms with Crippen LogP contribution in [0.3, 0.4) is 0 Å². The number of sulfonamides is 1. The average Bonchev–Trinajstić information content (AvgIpc) is 2.60. The minimum atomic E-state index is -3.61. The summed E-state index contributed by atoms with van der Waals surface area (Å²) < 4.78 is 31.6. The minimum absolute atomic E-state index is 0.0824. The normalized spacial score (nSPS) is 11.0. The number of anilines is 1. The third-order valence-corrected chi connectivity index (χ3v) is 4.89. The molecule has 0 saturated heterocycles. The number of aryl methyl sites for hydroxylation is 1. The van der Waals surface area contributed by atoms with E-state index in [9.17, 15) is 13.2 Å². The Balaban J connectivity index is 2.19. The van der Waals surface area contributed by atoms with Crippen LogP contribution in [0.4, 0.5) is 5.69 Å². The van der Waals surface area contributed by atoms with Crippen LogP contribution < -0.4 is 14.8 Å². The van der Waals surface area contributed by atoms with Crippen molar-refractivity contribution in [3.8, 4) is 5.75 Å². The van der Waals surface area contributed by atoms with Gasteiger partial charge < -0.3 is 10.1 Å². The second-order valence-electron chi connectivity index (χ2n) is 5.32. The van der Waals surface area contributed by atoms with Crippen LogP contribution in [0.2, 0.25) is 0 Å². The summed E-state index contributed by atoms with van der Waals surface area (Å²) in [5.74, 6) is 0.193. The molecule has 1 amide bonds. The largest absolute Gasteiger partial charge is 0.495 e. The van der Waals surface area contributed by atoms with Gasteiger partial charge in [-0.15, -0.1) is 6.58 Å². The number of hydrogen-bond donors (Lipinski definition) is 2. The molecule has 2 rings (SSSR count). The molecule has 0 atom stereocenters. The fourth-order valence-electron chi connectivity index (χ4n) is 2.15. The van der Waals surface area contributed by atoms with Gasteiger partial charge in [0.25, 0.3) is 5.91 Å². The molecule has 0 heterocycles. The van der Waals surface area contributed by atoms with E-state index in [4.69, 9.17) is 4.74 Å². The van der Waals surface area contributed by atoms with Crippen LogP contribution in [0.1, 0.15) is 15.9 Å². The highest BCUT2D eigenvalue weighted by molar-refractivity contribution is 7.89. The lowest BCUT2D eigenvalue weighted by atomic mass is 10.1. The third kappa shape index (κ3) is 4.68. The zero-order valence-electron chi connectivity index (χ0n) is 14.1. The van der Waals surface area contributed by atoms with Crippen molar-refractivity contribution in [3.05, 3.63) is 66.2 Å². The molecule has 0 unspecified atom stereocenters. The Morgan fingerprint density at radius 3 is 2.48 bits per heavy atom. The summed E-state index contributed by atoms with van der Waals surface area (Å²) in [6, 6.07) is 11.1. The molecule has 25 heavy (non-hydrogen) atoms. The number of hydrogen-bond acceptors (Lipinski definition) is 4. The van der Waals surface area contributed by atoms with Crippen molar-refractivity contribution in [2.24, 2.45) is 0 Å². The summed E-state index contributed by atoms with van der Waals surface area (Å²) in [7, 11) is -2.09. The lowest BCUT2D eigenvalue weighted by Gasteiger charge is -2.11. The molecule has 2 N–H and O–H groups in total. The lowest BCUT2D eigenvalue weighted by Crippen LogP contribution is -2.23. The maximum absolute atomic E-state index is 12.4. The number of nitrogens with one attached hydrogen (secondary N) is 2. The van der Waals surface area contributed by atoms with E-state index in [-0.39, 0.29) is 17.3 Å². The summed E-state index contributed by atoms with van der Waals surface area (Å²) in [4.78, 5) is 12.5. The number of carbonyl (C=O) groups excluding carboxylic acids is 1. The monoisotopic (exact) mass is 360 g/mol. The molecule has 7 heteroatoms. The molecular weight excluding hydrogens is 340 g/mol. The molecule has 0 saturated carbocycles. The molecule has 0 aliphatic carbocycles. The van der Waals surface area contributed by atoms with Crippen molar-refractivity contribution in [1.29, 1.82) is 0 Å². The summed E-state index contributed by atoms with van der Waals surface area (Å²) in [6.07, 6.45) is 1.45. The summed E-state index contributed by atoms with van der Waals surface area (Å²) >= 11 is 0. The van der Waals surface area contributed by atoms with Gasteiger partial charge in [0.1, 0.15) is 5.75 Å². The summed E-state index contributed by atoms with van der Waals surface area (Å²) in [5.41, 5.74) is 1.87. The Hall–Kier alpha value is -2.64. The van der Waals surface area contributed by atoms with Gasteiger partial charge in [-0.3, -0.25) is 4.79 Å². The first-order chi connectivity index (χ1) is 11.9. The quantitative estimate of drug-likeness (QED) is 0.744. The first-order valence-electron chi connectivity index (χ1n) is 7.54. The standard InChI is InChI=1S/C18H20N2O4S/c1-4-11-19-25(22,23)15-8-6-14(7-9-15)18(21)20-16-12-13(2)5-10-17(16)24-3/h4-10,12,19H,1,11H2,2-3H3,(H,20,21). The number of carbonyl (C=O) groups is 1. The average molecular weight is 360 g/mol. The van der Waals surface area contributed by atoms with E-state index < -0.39 is 10.0 Å². The number of benzene rings is 2. The smallest absolute Gasteiger partial charge is 0.255 e. The van der Waals surface area contributed by atoms with Crippen molar-refractivity contribution in [3.63, 3.8) is 0 Å². The van der Waals surface area contributed by atoms with Crippen LogP contribution >= 0.6 is 0 Å². The molecule has 0 fully saturated rings. The van der Waals surface area contributed by atoms with Gasteiger partial charge in [-0.1, -0.05) is 12.1 Å². The highest BCUT2D eigenvalue weighted by Gasteiger charge is 2.15. The van der Waals surface area contributed by atoms with E-state index in [0.717, 1.165) is 5.56 Å². The van der Waals surface area contributed by atoms with E-state index in [1.165, 1.54) is 37.5 Å². The zero-order chi connectivity index (χ0) is 18.4. The first-order valence-corrected chi connectivity index (χ1v) is 9.02. The van der Waals surface area contributed by atoms with Gasteiger partial charge >= 0.3 is 0 Å². The number of ether oxygens (including phenoxy) is 1. The van der Waals surface area contributed by atoms with Gasteiger partial charge in [-0.2, -0.15) is 0 Å². The third-order valence-electron chi connectivity index (χ3n) is 3.45. The maximum atomic E-state index is 12.4. The maximum Gasteiger partial charge on any atom is 0.255 e. The van der Waals surface area contributed by atoms with Crippen molar-refractivity contribution in [1.82, 2.24) is 4.72 Å². The fourth-order valence-corrected chi connectivity index (χ4v) is 3.15. The van der Waals surface area contributed by atoms with Crippen LogP contribution in [-0.2, 0) is 10.0 Å². The van der Waals surface area contributed by atoms with E-state index in [1.54, 1.807) is 12.1 Å². The number of methoxy groups -OCH3 is 1. The number of amides is 1. The summed E-state index contributed by atoms with van der Waals surface area (Å²) in [6.45, 7) is 5.51. The van der Waals surface area contributed by atoms with E-state index in [0.29, 0.717) is 17.0 Å². The summed E-state index contributed by atoms with van der Waals surface area (Å²) in [5, 5.41) is 2.77. The molecule has 132 valence electrons. The molecule has 0 aromatic heterocycles. The van der Waals surface area contributed by atoms with E-state index in [2.05, 4.69) is 16.6 Å². The van der Waals surface area contributed by atoms with Gasteiger partial charge in [0.2, 0.25) is 10.0 Å². The molecule has 2 aromatic rings. The zero-order valence-corrected chi connectivity index (χ0v) is 14.9. The molecule has 0 aliphatic rings. The number of rotatable bonds is 7. The van der Waals surface area contributed by atoms with Crippen molar-refractivity contribution < 1.29 is 17.9 Å². The predicted octanol–water partition coefficient (Wildman–Crippen LogP) is 2.72. The van der Waals surface area contributed by atoms with Crippen LogP contribution in [0.25, 0.3) is 0 Å². The highest BCUT2D eigenvalue weighted by atomic mass is 32.2. The van der Waals surface area contributed by atoms with Crippen molar-refractivity contribution in [2.75, 3.05) is 19.0 Å². The van der Waals surface area contributed by atoms with Crippen LogP contribution in [0, 0.1) is 6.92 Å². The molecule has 0 bridgehead atoms. The van der Waals surface area contributed by atoms with Crippen LogP contribution in [0.5, 0.6) is 5.75 Å². The predicted molar refractivity (Wildman–Crippen MR) is 97.5 cm³/mol. The lowest BCUT2D eigenvalue weighted by molar-refractivity contribution is 0.102. The second-order valence-corrected chi connectivity index (χ2v) is 7.09. The van der Waals surface area contributed by atoms with E-state index >= 15 is 0 Å². The topological polar surface area (TPSA) is 84.5 Å². The molecule has 6 nitrogen and oxygen atoms in total. The van der Waals surface area contributed by atoms with Gasteiger partial charge in [-0.25, -0.2) is 13.1 Å². The fraction of sp³-hybridized carbons (Fsp3) is 0.167. The molecule has 2 aromatic carbocycles. The molecule has 0 radical (unpaired) electrons. The second kappa shape index (κ2) is 7.96. The van der Waals surface area contributed by atoms with Gasteiger partial charge in [-0.05, 0) is 48.9 Å². The van der Waals surface area contributed by atoms with Gasteiger partial charge in [0.05, 0.1) is 17.7 Å². The Labute approximate surface area is 147 Å². The van der Waals surface area contributed by atoms with Crippen LogP contribution in [0.15, 0.2) is 60.0 Å². The SMILES string of the molecule is C=CCNS(=O)(=O)c1ccc(C(=O)Nc2cc(C)ccc2OC)cc1. The molecular formula is C18H20N2O4S. The first kappa shape index (κ1) is 18.7. The molecule has 0 spiro atoms. The Morgan fingerprint density at radius 1 is 1.20 bits per heavy atom. The highest BCUT2D eigenvalue weighted by Crippen LogP contribution is 2.25. The Bertz CT molecular complexity index is 874. The van der Waals surface area contributed by atoms with Crippen LogP contribution in [-0.4, -0.2) is 28.0 Å². The minimum Gasteiger partial charge on any atom is -0.495 e.